The van der Waals surface area contributed by atoms with Gasteiger partial charge in [0, 0.05) is 13.0 Å². The maximum Gasteiger partial charge on any atom is 0.411 e. The average molecular weight is 271 g/mol. The molecule has 0 aromatic heterocycles. The zero-order valence-electron chi connectivity index (χ0n) is 11.9. The molecule has 1 aliphatic heterocycles. The normalized spacial score (nSPS) is 20.1. The molecule has 0 saturated carbocycles. The SMILES string of the molecule is CCOC(=O)C1C(=O)CCCN1C(=O)OC(C)(C)C. The van der Waals surface area contributed by atoms with E-state index in [9.17, 15) is 14.4 Å². The molecule has 0 aliphatic carbocycles. The highest BCUT2D eigenvalue weighted by molar-refractivity contribution is 6.05. The van der Waals surface area contributed by atoms with Gasteiger partial charge in [-0.25, -0.2) is 9.59 Å². The molecule has 1 atom stereocenters. The number of hydrogen-bond donors (Lipinski definition) is 0. The number of nitrogens with zero attached hydrogens (tertiary/aromatic N) is 1. The van der Waals surface area contributed by atoms with Crippen molar-refractivity contribution >= 4 is 17.8 Å². The molecule has 1 aliphatic rings. The lowest BCUT2D eigenvalue weighted by Gasteiger charge is -2.34. The van der Waals surface area contributed by atoms with Crippen LogP contribution in [0.5, 0.6) is 0 Å². The van der Waals surface area contributed by atoms with E-state index < -0.39 is 23.7 Å². The highest BCUT2D eigenvalue weighted by atomic mass is 16.6. The molecule has 0 N–H and O–H groups in total. The van der Waals surface area contributed by atoms with Crippen LogP contribution >= 0.6 is 0 Å². The Morgan fingerprint density at radius 1 is 1.37 bits per heavy atom. The first-order valence-electron chi connectivity index (χ1n) is 6.45. The van der Waals surface area contributed by atoms with Gasteiger partial charge in [-0.05, 0) is 34.1 Å². The van der Waals surface area contributed by atoms with Crippen LogP contribution < -0.4 is 0 Å². The predicted octanol–water partition coefficient (Wildman–Crippen LogP) is 1.52. The molecule has 0 spiro atoms. The molecule has 19 heavy (non-hydrogen) atoms. The highest BCUT2D eigenvalue weighted by Crippen LogP contribution is 2.19. The van der Waals surface area contributed by atoms with Gasteiger partial charge in [0.1, 0.15) is 5.60 Å². The number of amides is 1. The van der Waals surface area contributed by atoms with Crippen LogP contribution in [0, 0.1) is 0 Å². The van der Waals surface area contributed by atoms with E-state index in [1.807, 2.05) is 0 Å². The van der Waals surface area contributed by atoms with Crippen LogP contribution in [0.1, 0.15) is 40.5 Å². The molecule has 1 heterocycles. The molecule has 108 valence electrons. The summed E-state index contributed by atoms with van der Waals surface area (Å²) in [6, 6.07) is -1.16. The van der Waals surface area contributed by atoms with Gasteiger partial charge < -0.3 is 9.47 Å². The first-order valence-corrected chi connectivity index (χ1v) is 6.45. The lowest BCUT2D eigenvalue weighted by atomic mass is 10.0. The third-order valence-corrected chi connectivity index (χ3v) is 2.58. The van der Waals surface area contributed by atoms with Gasteiger partial charge in [-0.15, -0.1) is 0 Å². The summed E-state index contributed by atoms with van der Waals surface area (Å²) in [6.45, 7) is 7.35. The van der Waals surface area contributed by atoms with Crippen LogP contribution in [0.2, 0.25) is 0 Å². The molecule has 1 amide bonds. The number of esters is 1. The van der Waals surface area contributed by atoms with E-state index in [4.69, 9.17) is 9.47 Å². The fourth-order valence-corrected chi connectivity index (χ4v) is 1.86. The number of likely N-dealkylation sites (tertiary alicyclic amines) is 1. The largest absolute Gasteiger partial charge is 0.464 e. The number of Topliss-reactive ketones (excluding diaryl/α,β-unsaturated/α-hetero) is 1. The minimum Gasteiger partial charge on any atom is -0.464 e. The quantitative estimate of drug-likeness (QED) is 0.562. The van der Waals surface area contributed by atoms with E-state index >= 15 is 0 Å². The van der Waals surface area contributed by atoms with Gasteiger partial charge in [0.15, 0.2) is 11.8 Å². The minimum atomic E-state index is -1.16. The van der Waals surface area contributed by atoms with Crippen molar-refractivity contribution in [3.63, 3.8) is 0 Å². The number of piperidine rings is 1. The Morgan fingerprint density at radius 2 is 2.00 bits per heavy atom. The van der Waals surface area contributed by atoms with Gasteiger partial charge in [0.05, 0.1) is 6.61 Å². The van der Waals surface area contributed by atoms with E-state index in [1.54, 1.807) is 27.7 Å². The highest BCUT2D eigenvalue weighted by Gasteiger charge is 2.41. The Labute approximate surface area is 113 Å². The summed E-state index contributed by atoms with van der Waals surface area (Å²) in [4.78, 5) is 36.8. The first-order chi connectivity index (χ1) is 8.76. The van der Waals surface area contributed by atoms with Crippen LogP contribution in [0.15, 0.2) is 0 Å². The molecule has 6 heteroatoms. The van der Waals surface area contributed by atoms with E-state index in [2.05, 4.69) is 0 Å². The number of carbonyl (C=O) groups excluding carboxylic acids is 3. The van der Waals surface area contributed by atoms with Crippen LogP contribution in [0.3, 0.4) is 0 Å². The minimum absolute atomic E-state index is 0.171. The van der Waals surface area contributed by atoms with Gasteiger partial charge in [-0.2, -0.15) is 0 Å². The molecule has 0 radical (unpaired) electrons. The second-order valence-electron chi connectivity index (χ2n) is 5.40. The summed E-state index contributed by atoms with van der Waals surface area (Å²) in [5.41, 5.74) is -0.670. The summed E-state index contributed by atoms with van der Waals surface area (Å²) in [7, 11) is 0. The van der Waals surface area contributed by atoms with Crippen molar-refractivity contribution in [1.82, 2.24) is 4.90 Å². The Morgan fingerprint density at radius 3 is 2.53 bits per heavy atom. The van der Waals surface area contributed by atoms with Crippen molar-refractivity contribution in [2.75, 3.05) is 13.2 Å². The van der Waals surface area contributed by atoms with Crippen LogP contribution in [-0.4, -0.2) is 47.5 Å². The van der Waals surface area contributed by atoms with Crippen molar-refractivity contribution < 1.29 is 23.9 Å². The standard InChI is InChI=1S/C13H21NO5/c1-5-18-11(16)10-9(15)7-6-8-14(10)12(17)19-13(2,3)4/h10H,5-8H2,1-4H3. The van der Waals surface area contributed by atoms with Crippen molar-refractivity contribution in [1.29, 1.82) is 0 Å². The molecule has 6 nitrogen and oxygen atoms in total. The maximum atomic E-state index is 12.0. The molecule has 1 unspecified atom stereocenters. The van der Waals surface area contributed by atoms with Crippen molar-refractivity contribution in [2.45, 2.75) is 52.2 Å². The van der Waals surface area contributed by atoms with E-state index in [-0.39, 0.29) is 18.8 Å². The predicted molar refractivity (Wildman–Crippen MR) is 67.6 cm³/mol. The van der Waals surface area contributed by atoms with Crippen LogP contribution in [-0.2, 0) is 19.1 Å². The summed E-state index contributed by atoms with van der Waals surface area (Å²) in [5.74, 6) is -0.978. The number of ketones is 1. The maximum absolute atomic E-state index is 12.0. The lowest BCUT2D eigenvalue weighted by molar-refractivity contribution is -0.154. The summed E-state index contributed by atoms with van der Waals surface area (Å²) in [6.07, 6.45) is 0.162. The van der Waals surface area contributed by atoms with E-state index in [1.165, 1.54) is 0 Å². The Kier molecular flexibility index (Phi) is 4.91. The fourth-order valence-electron chi connectivity index (χ4n) is 1.86. The van der Waals surface area contributed by atoms with E-state index in [0.717, 1.165) is 4.90 Å². The molecule has 1 rings (SSSR count). The smallest absolute Gasteiger partial charge is 0.411 e. The average Bonchev–Trinajstić information content (AvgIpc) is 2.26. The topological polar surface area (TPSA) is 72.9 Å². The molecular weight excluding hydrogens is 250 g/mol. The molecule has 0 bridgehead atoms. The van der Waals surface area contributed by atoms with Crippen LogP contribution in [0.25, 0.3) is 0 Å². The second-order valence-corrected chi connectivity index (χ2v) is 5.40. The van der Waals surface area contributed by atoms with E-state index in [0.29, 0.717) is 13.0 Å². The zero-order chi connectivity index (χ0) is 14.6. The third-order valence-electron chi connectivity index (χ3n) is 2.58. The Balaban J connectivity index is 2.85. The number of rotatable bonds is 2. The molecule has 0 aromatic carbocycles. The Hall–Kier alpha value is -1.59. The van der Waals surface area contributed by atoms with Crippen molar-refractivity contribution in [2.24, 2.45) is 0 Å². The van der Waals surface area contributed by atoms with Gasteiger partial charge >= 0.3 is 12.1 Å². The summed E-state index contributed by atoms with van der Waals surface area (Å²) >= 11 is 0. The number of carbonyl (C=O) groups is 3. The second kappa shape index (κ2) is 6.04. The van der Waals surface area contributed by atoms with Gasteiger partial charge in [-0.3, -0.25) is 9.69 Å². The first kappa shape index (κ1) is 15.5. The third kappa shape index (κ3) is 4.22. The monoisotopic (exact) mass is 271 g/mol. The molecule has 1 saturated heterocycles. The zero-order valence-corrected chi connectivity index (χ0v) is 11.9. The number of ether oxygens (including phenoxy) is 2. The van der Waals surface area contributed by atoms with Crippen LogP contribution in [0.4, 0.5) is 4.79 Å². The lowest BCUT2D eigenvalue weighted by Crippen LogP contribution is -2.54. The molecule has 1 fully saturated rings. The van der Waals surface area contributed by atoms with Crippen molar-refractivity contribution in [3.8, 4) is 0 Å². The van der Waals surface area contributed by atoms with Gasteiger partial charge in [-0.1, -0.05) is 0 Å². The summed E-state index contributed by atoms with van der Waals surface area (Å²) in [5, 5.41) is 0. The molecular formula is C13H21NO5. The Bertz CT molecular complexity index is 372. The van der Waals surface area contributed by atoms with Crippen molar-refractivity contribution in [3.05, 3.63) is 0 Å². The van der Waals surface area contributed by atoms with Gasteiger partial charge in [0.25, 0.3) is 0 Å². The molecule has 0 aromatic rings. The fraction of sp³-hybridized carbons (Fsp3) is 0.769. The summed E-state index contributed by atoms with van der Waals surface area (Å²) < 4.78 is 10.1. The number of hydrogen-bond acceptors (Lipinski definition) is 5. The van der Waals surface area contributed by atoms with Gasteiger partial charge in [0.2, 0.25) is 0 Å².